The van der Waals surface area contributed by atoms with Gasteiger partial charge in [-0.25, -0.2) is 0 Å². The van der Waals surface area contributed by atoms with Gasteiger partial charge < -0.3 is 10.6 Å². The maximum atomic E-state index is 11.8. The van der Waals surface area contributed by atoms with Crippen LogP contribution in [0.3, 0.4) is 0 Å². The van der Waals surface area contributed by atoms with Crippen LogP contribution in [0.1, 0.15) is 49.7 Å². The summed E-state index contributed by atoms with van der Waals surface area (Å²) >= 11 is 0. The molecule has 0 radical (unpaired) electrons. The third-order valence-electron chi connectivity index (χ3n) is 4.03. The highest BCUT2D eigenvalue weighted by atomic mass is 16.2. The van der Waals surface area contributed by atoms with Crippen molar-refractivity contribution in [3.05, 3.63) is 35.4 Å². The molecule has 1 fully saturated rings. The molecule has 0 bridgehead atoms. The van der Waals surface area contributed by atoms with Crippen molar-refractivity contribution in [2.24, 2.45) is 0 Å². The van der Waals surface area contributed by atoms with Crippen molar-refractivity contribution in [3.8, 4) is 0 Å². The second kappa shape index (κ2) is 7.81. The zero-order chi connectivity index (χ0) is 15.1. The number of benzene rings is 1. The van der Waals surface area contributed by atoms with E-state index in [4.69, 9.17) is 0 Å². The van der Waals surface area contributed by atoms with E-state index in [1.807, 2.05) is 31.2 Å². The van der Waals surface area contributed by atoms with Gasteiger partial charge in [0, 0.05) is 12.6 Å². The monoisotopic (exact) mass is 288 g/mol. The Labute approximate surface area is 126 Å². The summed E-state index contributed by atoms with van der Waals surface area (Å²) in [5.74, 6) is -0.379. The molecule has 2 amide bonds. The maximum Gasteiger partial charge on any atom is 0.229 e. The summed E-state index contributed by atoms with van der Waals surface area (Å²) in [6.45, 7) is 2.49. The lowest BCUT2D eigenvalue weighted by Gasteiger charge is -2.22. The molecular weight excluding hydrogens is 264 g/mol. The van der Waals surface area contributed by atoms with E-state index in [-0.39, 0.29) is 24.3 Å². The van der Waals surface area contributed by atoms with E-state index < -0.39 is 0 Å². The first kappa shape index (κ1) is 15.5. The minimum absolute atomic E-state index is 0.0810. The highest BCUT2D eigenvalue weighted by Crippen LogP contribution is 2.17. The Balaban J connectivity index is 1.71. The van der Waals surface area contributed by atoms with Gasteiger partial charge in [-0.05, 0) is 30.9 Å². The summed E-state index contributed by atoms with van der Waals surface area (Å²) in [6.07, 6.45) is 5.59. The van der Waals surface area contributed by atoms with Crippen LogP contribution >= 0.6 is 0 Å². The quantitative estimate of drug-likeness (QED) is 0.818. The standard InChI is InChI=1S/C17H24N2O2/c1-13-7-5-6-8-14(13)12-18-16(20)11-17(21)19-15-9-3-2-4-10-15/h5-8,15H,2-4,9-12H2,1H3,(H,18,20)(H,19,21). The fraction of sp³-hybridized carbons (Fsp3) is 0.529. The summed E-state index contributed by atoms with van der Waals surface area (Å²) in [6, 6.07) is 8.17. The van der Waals surface area contributed by atoms with Crippen LogP contribution < -0.4 is 10.6 Å². The Morgan fingerprint density at radius 3 is 2.52 bits per heavy atom. The molecule has 0 spiro atoms. The molecule has 2 N–H and O–H groups in total. The number of hydrogen-bond donors (Lipinski definition) is 2. The van der Waals surface area contributed by atoms with E-state index in [2.05, 4.69) is 10.6 Å². The molecule has 1 aliphatic carbocycles. The van der Waals surface area contributed by atoms with Gasteiger partial charge in [-0.2, -0.15) is 0 Å². The molecular formula is C17H24N2O2. The van der Waals surface area contributed by atoms with Crippen molar-refractivity contribution in [2.75, 3.05) is 0 Å². The summed E-state index contributed by atoms with van der Waals surface area (Å²) in [5.41, 5.74) is 2.22. The largest absolute Gasteiger partial charge is 0.353 e. The molecule has 0 atom stereocenters. The van der Waals surface area contributed by atoms with Gasteiger partial charge in [-0.3, -0.25) is 9.59 Å². The molecule has 1 aromatic carbocycles. The van der Waals surface area contributed by atoms with E-state index in [1.165, 1.54) is 19.3 Å². The Kier molecular flexibility index (Phi) is 5.78. The Hall–Kier alpha value is -1.84. The first-order chi connectivity index (χ1) is 10.1. The van der Waals surface area contributed by atoms with Gasteiger partial charge in [-0.15, -0.1) is 0 Å². The van der Waals surface area contributed by atoms with Crippen molar-refractivity contribution >= 4 is 11.8 Å². The Morgan fingerprint density at radius 2 is 1.81 bits per heavy atom. The number of carbonyl (C=O) groups is 2. The fourth-order valence-electron chi connectivity index (χ4n) is 2.74. The summed E-state index contributed by atoms with van der Waals surface area (Å²) in [7, 11) is 0. The Bertz CT molecular complexity index is 493. The fourth-order valence-corrected chi connectivity index (χ4v) is 2.74. The summed E-state index contributed by atoms with van der Waals surface area (Å²) in [5, 5.41) is 5.77. The number of amides is 2. The summed E-state index contributed by atoms with van der Waals surface area (Å²) < 4.78 is 0. The van der Waals surface area contributed by atoms with E-state index >= 15 is 0 Å². The molecule has 0 aromatic heterocycles. The summed E-state index contributed by atoms with van der Waals surface area (Å²) in [4.78, 5) is 23.6. The van der Waals surface area contributed by atoms with Crippen LogP contribution in [0.25, 0.3) is 0 Å². The van der Waals surface area contributed by atoms with E-state index in [9.17, 15) is 9.59 Å². The lowest BCUT2D eigenvalue weighted by molar-refractivity contribution is -0.129. The van der Waals surface area contributed by atoms with Crippen LogP contribution in [0.5, 0.6) is 0 Å². The molecule has 0 saturated heterocycles. The van der Waals surface area contributed by atoms with Crippen molar-refractivity contribution in [1.82, 2.24) is 10.6 Å². The van der Waals surface area contributed by atoms with Crippen LogP contribution in [-0.4, -0.2) is 17.9 Å². The minimum Gasteiger partial charge on any atom is -0.353 e. The van der Waals surface area contributed by atoms with Crippen molar-refractivity contribution in [1.29, 1.82) is 0 Å². The molecule has 0 heterocycles. The number of hydrogen-bond acceptors (Lipinski definition) is 2. The van der Waals surface area contributed by atoms with Crippen LogP contribution in [-0.2, 0) is 16.1 Å². The van der Waals surface area contributed by atoms with Gasteiger partial charge in [0.25, 0.3) is 0 Å². The van der Waals surface area contributed by atoms with Crippen LogP contribution in [0.15, 0.2) is 24.3 Å². The molecule has 1 aliphatic rings. The molecule has 21 heavy (non-hydrogen) atoms. The van der Waals surface area contributed by atoms with Crippen LogP contribution in [0.4, 0.5) is 0 Å². The molecule has 114 valence electrons. The van der Waals surface area contributed by atoms with Crippen molar-refractivity contribution < 1.29 is 9.59 Å². The van der Waals surface area contributed by atoms with Gasteiger partial charge >= 0.3 is 0 Å². The molecule has 2 rings (SSSR count). The number of carbonyl (C=O) groups excluding carboxylic acids is 2. The molecule has 4 heteroatoms. The van der Waals surface area contributed by atoms with Gasteiger partial charge in [0.2, 0.25) is 11.8 Å². The van der Waals surface area contributed by atoms with Gasteiger partial charge in [-0.1, -0.05) is 43.5 Å². The lowest BCUT2D eigenvalue weighted by Crippen LogP contribution is -2.39. The zero-order valence-corrected chi connectivity index (χ0v) is 12.7. The first-order valence-electron chi connectivity index (χ1n) is 7.75. The number of rotatable bonds is 5. The third kappa shape index (κ3) is 5.21. The zero-order valence-electron chi connectivity index (χ0n) is 12.7. The number of aryl methyl sites for hydroxylation is 1. The smallest absolute Gasteiger partial charge is 0.229 e. The normalized spacial score (nSPS) is 15.5. The second-order valence-electron chi connectivity index (χ2n) is 5.78. The Morgan fingerprint density at radius 1 is 1.10 bits per heavy atom. The first-order valence-corrected chi connectivity index (χ1v) is 7.75. The average Bonchev–Trinajstić information content (AvgIpc) is 2.47. The van der Waals surface area contributed by atoms with E-state index in [0.29, 0.717) is 6.54 Å². The van der Waals surface area contributed by atoms with Crippen LogP contribution in [0.2, 0.25) is 0 Å². The van der Waals surface area contributed by atoms with Gasteiger partial charge in [0.1, 0.15) is 6.42 Å². The van der Waals surface area contributed by atoms with E-state index in [1.54, 1.807) is 0 Å². The lowest BCUT2D eigenvalue weighted by atomic mass is 9.95. The molecule has 4 nitrogen and oxygen atoms in total. The molecule has 0 aliphatic heterocycles. The number of nitrogens with one attached hydrogen (secondary N) is 2. The predicted octanol–water partition coefficient (Wildman–Crippen LogP) is 2.45. The van der Waals surface area contributed by atoms with Gasteiger partial charge in [0.15, 0.2) is 0 Å². The molecule has 1 aromatic rings. The molecule has 0 unspecified atom stereocenters. The predicted molar refractivity (Wildman–Crippen MR) is 82.7 cm³/mol. The molecule has 1 saturated carbocycles. The third-order valence-corrected chi connectivity index (χ3v) is 4.03. The van der Waals surface area contributed by atoms with E-state index in [0.717, 1.165) is 24.0 Å². The maximum absolute atomic E-state index is 11.8. The van der Waals surface area contributed by atoms with Crippen molar-refractivity contribution in [2.45, 2.75) is 58.0 Å². The SMILES string of the molecule is Cc1ccccc1CNC(=O)CC(=O)NC1CCCCC1. The van der Waals surface area contributed by atoms with Crippen molar-refractivity contribution in [3.63, 3.8) is 0 Å². The topological polar surface area (TPSA) is 58.2 Å². The second-order valence-corrected chi connectivity index (χ2v) is 5.78. The average molecular weight is 288 g/mol. The highest BCUT2D eigenvalue weighted by Gasteiger charge is 2.17. The van der Waals surface area contributed by atoms with Crippen LogP contribution in [0, 0.1) is 6.92 Å². The minimum atomic E-state index is -0.216. The highest BCUT2D eigenvalue weighted by molar-refractivity contribution is 5.96. The van der Waals surface area contributed by atoms with Gasteiger partial charge in [0.05, 0.1) is 0 Å².